The third-order valence-corrected chi connectivity index (χ3v) is 1.47. The minimum absolute atomic E-state index is 0.561. The SMILES string of the molecule is CC(C)(ON)c1cnccn1. The highest BCUT2D eigenvalue weighted by Gasteiger charge is 2.21. The maximum absolute atomic E-state index is 5.07. The summed E-state index contributed by atoms with van der Waals surface area (Å²) in [5, 5.41) is 0. The van der Waals surface area contributed by atoms with Gasteiger partial charge >= 0.3 is 0 Å². The Morgan fingerprint density at radius 3 is 2.64 bits per heavy atom. The minimum Gasteiger partial charge on any atom is -0.292 e. The summed E-state index contributed by atoms with van der Waals surface area (Å²) in [6, 6.07) is 0. The molecule has 0 atom stereocenters. The van der Waals surface area contributed by atoms with Gasteiger partial charge in [-0.05, 0) is 13.8 Å². The first kappa shape index (κ1) is 8.10. The molecule has 0 radical (unpaired) electrons. The van der Waals surface area contributed by atoms with Crippen molar-refractivity contribution in [3.63, 3.8) is 0 Å². The Hall–Kier alpha value is -1.00. The number of hydrogen-bond donors (Lipinski definition) is 1. The van der Waals surface area contributed by atoms with Crippen LogP contribution in [-0.4, -0.2) is 9.97 Å². The zero-order valence-corrected chi connectivity index (χ0v) is 6.61. The summed E-state index contributed by atoms with van der Waals surface area (Å²) >= 11 is 0. The van der Waals surface area contributed by atoms with Crippen LogP contribution in [0.5, 0.6) is 0 Å². The van der Waals surface area contributed by atoms with Crippen molar-refractivity contribution in [2.45, 2.75) is 19.4 Å². The molecule has 0 aromatic carbocycles. The molecule has 0 bridgehead atoms. The van der Waals surface area contributed by atoms with E-state index in [9.17, 15) is 0 Å². The van der Waals surface area contributed by atoms with Gasteiger partial charge in [0.2, 0.25) is 0 Å². The molecular weight excluding hydrogens is 142 g/mol. The Labute approximate surface area is 65.4 Å². The van der Waals surface area contributed by atoms with Crippen LogP contribution in [0.3, 0.4) is 0 Å². The molecular formula is C7H11N3O. The van der Waals surface area contributed by atoms with E-state index in [4.69, 9.17) is 10.7 Å². The molecule has 11 heavy (non-hydrogen) atoms. The summed E-state index contributed by atoms with van der Waals surface area (Å²) in [6.45, 7) is 3.66. The van der Waals surface area contributed by atoms with Gasteiger partial charge in [0.05, 0.1) is 11.9 Å². The van der Waals surface area contributed by atoms with Gasteiger partial charge in [-0.3, -0.25) is 14.8 Å². The Morgan fingerprint density at radius 1 is 1.45 bits per heavy atom. The zero-order valence-electron chi connectivity index (χ0n) is 6.61. The van der Waals surface area contributed by atoms with E-state index in [1.165, 1.54) is 0 Å². The van der Waals surface area contributed by atoms with Crippen molar-refractivity contribution in [2.75, 3.05) is 0 Å². The lowest BCUT2D eigenvalue weighted by Gasteiger charge is -2.19. The zero-order chi connectivity index (χ0) is 8.32. The van der Waals surface area contributed by atoms with Crippen molar-refractivity contribution in [1.82, 2.24) is 9.97 Å². The summed E-state index contributed by atoms with van der Waals surface area (Å²) in [7, 11) is 0. The van der Waals surface area contributed by atoms with Gasteiger partial charge in [-0.1, -0.05) is 0 Å². The van der Waals surface area contributed by atoms with E-state index in [-0.39, 0.29) is 0 Å². The Bertz CT molecular complexity index is 222. The van der Waals surface area contributed by atoms with E-state index >= 15 is 0 Å². The predicted molar refractivity (Wildman–Crippen MR) is 40.3 cm³/mol. The van der Waals surface area contributed by atoms with Crippen LogP contribution in [0.4, 0.5) is 0 Å². The van der Waals surface area contributed by atoms with Gasteiger partial charge in [-0.25, -0.2) is 5.90 Å². The van der Waals surface area contributed by atoms with E-state index in [1.807, 2.05) is 13.8 Å². The van der Waals surface area contributed by atoms with Gasteiger partial charge in [0.1, 0.15) is 5.60 Å². The molecule has 0 aliphatic carbocycles. The number of aromatic nitrogens is 2. The molecule has 4 nitrogen and oxygen atoms in total. The lowest BCUT2D eigenvalue weighted by atomic mass is 10.1. The molecule has 1 rings (SSSR count). The molecule has 0 unspecified atom stereocenters. The summed E-state index contributed by atoms with van der Waals surface area (Å²) in [4.78, 5) is 12.7. The molecule has 0 aliphatic rings. The van der Waals surface area contributed by atoms with Crippen LogP contribution in [0.25, 0.3) is 0 Å². The Kier molecular flexibility index (Phi) is 2.16. The number of rotatable bonds is 2. The maximum Gasteiger partial charge on any atom is 0.127 e. The molecule has 0 spiro atoms. The van der Waals surface area contributed by atoms with Crippen LogP contribution in [0.1, 0.15) is 19.5 Å². The standard InChI is InChI=1S/C7H11N3O/c1-7(2,11-8)6-5-9-3-4-10-6/h3-5H,8H2,1-2H3. The molecule has 0 aliphatic heterocycles. The molecule has 60 valence electrons. The monoisotopic (exact) mass is 153 g/mol. The average molecular weight is 153 g/mol. The molecule has 0 fully saturated rings. The van der Waals surface area contributed by atoms with Gasteiger partial charge in [-0.2, -0.15) is 0 Å². The van der Waals surface area contributed by atoms with Crippen LogP contribution >= 0.6 is 0 Å². The second-order valence-corrected chi connectivity index (χ2v) is 2.72. The predicted octanol–water partition coefficient (Wildman–Crippen LogP) is 0.602. The van der Waals surface area contributed by atoms with E-state index in [0.717, 1.165) is 5.69 Å². The molecule has 0 amide bonds. The van der Waals surface area contributed by atoms with Crippen LogP contribution in [0.2, 0.25) is 0 Å². The van der Waals surface area contributed by atoms with Crippen LogP contribution in [-0.2, 0) is 10.4 Å². The lowest BCUT2D eigenvalue weighted by molar-refractivity contribution is -0.0270. The third kappa shape index (κ3) is 1.72. The van der Waals surface area contributed by atoms with Crippen molar-refractivity contribution in [1.29, 1.82) is 0 Å². The fourth-order valence-corrected chi connectivity index (χ4v) is 0.670. The fraction of sp³-hybridized carbons (Fsp3) is 0.429. The highest BCUT2D eigenvalue weighted by atomic mass is 16.6. The first-order valence-corrected chi connectivity index (χ1v) is 3.31. The minimum atomic E-state index is -0.561. The van der Waals surface area contributed by atoms with Gasteiger partial charge in [0.25, 0.3) is 0 Å². The van der Waals surface area contributed by atoms with E-state index in [0.29, 0.717) is 0 Å². The van der Waals surface area contributed by atoms with Gasteiger partial charge < -0.3 is 0 Å². The summed E-state index contributed by atoms with van der Waals surface area (Å²) < 4.78 is 0. The third-order valence-electron chi connectivity index (χ3n) is 1.47. The van der Waals surface area contributed by atoms with Gasteiger partial charge in [-0.15, -0.1) is 0 Å². The molecule has 1 aromatic heterocycles. The highest BCUT2D eigenvalue weighted by molar-refractivity contribution is 5.04. The van der Waals surface area contributed by atoms with E-state index < -0.39 is 5.60 Å². The second-order valence-electron chi connectivity index (χ2n) is 2.72. The van der Waals surface area contributed by atoms with E-state index in [2.05, 4.69) is 9.97 Å². The van der Waals surface area contributed by atoms with Crippen molar-refractivity contribution in [3.8, 4) is 0 Å². The van der Waals surface area contributed by atoms with Gasteiger partial charge in [0.15, 0.2) is 0 Å². The fourth-order valence-electron chi connectivity index (χ4n) is 0.670. The first-order chi connectivity index (χ1) is 5.17. The van der Waals surface area contributed by atoms with Crippen molar-refractivity contribution in [2.24, 2.45) is 5.90 Å². The smallest absolute Gasteiger partial charge is 0.127 e. The average Bonchev–Trinajstić information content (AvgIpc) is 2.06. The normalized spacial score (nSPS) is 11.5. The summed E-state index contributed by atoms with van der Waals surface area (Å²) in [5.74, 6) is 5.07. The summed E-state index contributed by atoms with van der Waals surface area (Å²) in [6.07, 6.45) is 4.85. The van der Waals surface area contributed by atoms with Crippen LogP contribution in [0.15, 0.2) is 18.6 Å². The number of nitrogens with zero attached hydrogens (tertiary/aromatic N) is 2. The van der Waals surface area contributed by atoms with Crippen LogP contribution < -0.4 is 5.90 Å². The molecule has 0 saturated carbocycles. The van der Waals surface area contributed by atoms with Crippen molar-refractivity contribution in [3.05, 3.63) is 24.3 Å². The molecule has 0 saturated heterocycles. The Morgan fingerprint density at radius 2 is 2.18 bits per heavy atom. The van der Waals surface area contributed by atoms with Crippen molar-refractivity contribution >= 4 is 0 Å². The quantitative estimate of drug-likeness (QED) is 0.632. The van der Waals surface area contributed by atoms with Crippen LogP contribution in [0, 0.1) is 0 Å². The molecule has 4 heteroatoms. The topological polar surface area (TPSA) is 61.0 Å². The Balaban J connectivity index is 2.93. The number of nitrogens with two attached hydrogens (primary N) is 1. The first-order valence-electron chi connectivity index (χ1n) is 3.31. The number of hydrogen-bond acceptors (Lipinski definition) is 4. The summed E-state index contributed by atoms with van der Waals surface area (Å²) in [5.41, 5.74) is 0.163. The van der Waals surface area contributed by atoms with E-state index in [1.54, 1.807) is 18.6 Å². The molecule has 1 aromatic rings. The molecule has 2 N–H and O–H groups in total. The second kappa shape index (κ2) is 2.94. The molecule has 1 heterocycles. The highest BCUT2D eigenvalue weighted by Crippen LogP contribution is 2.18. The maximum atomic E-state index is 5.07. The van der Waals surface area contributed by atoms with Gasteiger partial charge in [0, 0.05) is 12.4 Å². The largest absolute Gasteiger partial charge is 0.292 e. The lowest BCUT2D eigenvalue weighted by Crippen LogP contribution is -2.26. The van der Waals surface area contributed by atoms with Crippen molar-refractivity contribution < 1.29 is 4.84 Å².